The smallest absolute Gasteiger partial charge is 0.323 e. The maximum Gasteiger partial charge on any atom is 0.323 e. The van der Waals surface area contributed by atoms with Crippen molar-refractivity contribution in [3.63, 3.8) is 0 Å². The fraction of sp³-hybridized carbons (Fsp3) is 0.364. The van der Waals surface area contributed by atoms with E-state index in [-0.39, 0.29) is 6.61 Å². The summed E-state index contributed by atoms with van der Waals surface area (Å²) in [7, 11) is 0. The van der Waals surface area contributed by atoms with Crippen LogP contribution in [-0.2, 0) is 15.9 Å². The molecule has 88 valence electrons. The Balaban J connectivity index is 3.44. The SMILES string of the molecule is [2H]c1c([2H])c(C([2H])C([2H])(N)C(=O)OCC)c([2H])c(O)c1O. The lowest BCUT2D eigenvalue weighted by Crippen LogP contribution is -2.34. The summed E-state index contributed by atoms with van der Waals surface area (Å²) in [5.41, 5.74) is 4.82. The van der Waals surface area contributed by atoms with Crippen LogP contribution in [-0.4, -0.2) is 28.8 Å². The molecule has 0 saturated carbocycles. The van der Waals surface area contributed by atoms with Gasteiger partial charge in [-0.25, -0.2) is 0 Å². The minimum Gasteiger partial charge on any atom is -0.504 e. The summed E-state index contributed by atoms with van der Waals surface area (Å²) in [5.74, 6) is -3.23. The number of rotatable bonds is 4. The van der Waals surface area contributed by atoms with Gasteiger partial charge < -0.3 is 20.7 Å². The molecule has 0 aliphatic rings. The molecule has 0 amide bonds. The van der Waals surface area contributed by atoms with Crippen LogP contribution in [0.5, 0.6) is 11.5 Å². The Morgan fingerprint density at radius 2 is 2.38 bits per heavy atom. The van der Waals surface area contributed by atoms with E-state index in [1.54, 1.807) is 0 Å². The van der Waals surface area contributed by atoms with Crippen LogP contribution in [0, 0.1) is 0 Å². The molecular weight excluding hydrogens is 210 g/mol. The molecule has 2 unspecified atom stereocenters. The zero-order valence-corrected chi connectivity index (χ0v) is 8.57. The summed E-state index contributed by atoms with van der Waals surface area (Å²) in [6.45, 7) is 1.41. The Hall–Kier alpha value is -1.75. The topological polar surface area (TPSA) is 92.8 Å². The predicted molar refractivity (Wildman–Crippen MR) is 58.1 cm³/mol. The molecule has 0 aliphatic carbocycles. The van der Waals surface area contributed by atoms with Crippen LogP contribution in [0.1, 0.15) is 19.3 Å². The highest BCUT2D eigenvalue weighted by molar-refractivity contribution is 5.75. The number of esters is 1. The van der Waals surface area contributed by atoms with E-state index in [2.05, 4.69) is 4.74 Å². The molecule has 0 aromatic heterocycles. The quantitative estimate of drug-likeness (QED) is 0.518. The molecule has 1 aromatic rings. The van der Waals surface area contributed by atoms with Crippen molar-refractivity contribution in [1.82, 2.24) is 0 Å². The molecule has 2 atom stereocenters. The van der Waals surface area contributed by atoms with Gasteiger partial charge in [-0.2, -0.15) is 0 Å². The van der Waals surface area contributed by atoms with Crippen LogP contribution in [0.25, 0.3) is 0 Å². The lowest BCUT2D eigenvalue weighted by molar-refractivity contribution is -0.144. The lowest BCUT2D eigenvalue weighted by Gasteiger charge is -2.10. The number of aromatic hydroxyl groups is 2. The molecular formula is C11H15NO4. The molecule has 5 nitrogen and oxygen atoms in total. The Bertz CT molecular complexity index is 549. The second-order valence-electron chi connectivity index (χ2n) is 2.81. The molecule has 0 bridgehead atoms. The number of phenolic OH excluding ortho intramolecular Hbond substituents is 2. The first-order valence-corrected chi connectivity index (χ1v) is 4.47. The monoisotopic (exact) mass is 230 g/mol. The van der Waals surface area contributed by atoms with Gasteiger partial charge in [0.1, 0.15) is 6.02 Å². The van der Waals surface area contributed by atoms with Gasteiger partial charge in [0.15, 0.2) is 11.5 Å². The molecule has 0 saturated heterocycles. The van der Waals surface area contributed by atoms with Crippen LogP contribution in [0.2, 0.25) is 0 Å². The van der Waals surface area contributed by atoms with Gasteiger partial charge in [-0.3, -0.25) is 4.79 Å². The van der Waals surface area contributed by atoms with Crippen molar-refractivity contribution in [2.75, 3.05) is 6.61 Å². The van der Waals surface area contributed by atoms with E-state index in [1.165, 1.54) is 6.92 Å². The largest absolute Gasteiger partial charge is 0.504 e. The second kappa shape index (κ2) is 5.37. The highest BCUT2D eigenvalue weighted by atomic mass is 16.5. The summed E-state index contributed by atoms with van der Waals surface area (Å²) in [6.07, 6.45) is -1.95. The highest BCUT2D eigenvalue weighted by Gasteiger charge is 2.15. The maximum atomic E-state index is 11.6. The Morgan fingerprint density at radius 3 is 3.00 bits per heavy atom. The molecule has 0 spiro atoms. The van der Waals surface area contributed by atoms with E-state index in [9.17, 15) is 15.0 Å². The molecule has 0 aliphatic heterocycles. The third kappa shape index (κ3) is 3.13. The van der Waals surface area contributed by atoms with Gasteiger partial charge in [0.05, 0.1) is 12.1 Å². The Morgan fingerprint density at radius 1 is 1.69 bits per heavy atom. The molecule has 0 heterocycles. The summed E-state index contributed by atoms with van der Waals surface area (Å²) in [5, 5.41) is 18.9. The van der Waals surface area contributed by atoms with Crippen LogP contribution < -0.4 is 5.73 Å². The molecule has 0 fully saturated rings. The Kier molecular flexibility index (Phi) is 2.26. The standard InChI is InChI=1S/C11H15NO4/c1-2-16-11(15)8(12)5-7-3-4-9(13)10(14)6-7/h3-4,6,8,13-14H,2,5,12H2,1H3/i3D,4D,5D,6D,8D. The van der Waals surface area contributed by atoms with Crippen molar-refractivity contribution in [3.8, 4) is 11.5 Å². The zero-order chi connectivity index (χ0) is 16.5. The van der Waals surface area contributed by atoms with E-state index in [4.69, 9.17) is 12.6 Å². The lowest BCUT2D eigenvalue weighted by atomic mass is 10.1. The van der Waals surface area contributed by atoms with Crippen LogP contribution in [0.3, 0.4) is 0 Å². The van der Waals surface area contributed by atoms with Crippen molar-refractivity contribution in [2.24, 2.45) is 5.73 Å². The third-order valence-electron chi connectivity index (χ3n) is 1.60. The van der Waals surface area contributed by atoms with Gasteiger partial charge >= 0.3 is 5.97 Å². The van der Waals surface area contributed by atoms with E-state index in [0.717, 1.165) is 0 Å². The second-order valence-corrected chi connectivity index (χ2v) is 2.81. The number of carbonyl (C=O) groups excluding carboxylic acids is 1. The number of hydrogen-bond donors (Lipinski definition) is 3. The highest BCUT2D eigenvalue weighted by Crippen LogP contribution is 2.25. The number of nitrogens with two attached hydrogens (primary N) is 1. The average molecular weight is 230 g/mol. The van der Waals surface area contributed by atoms with Crippen molar-refractivity contribution in [3.05, 3.63) is 23.7 Å². The first-order valence-electron chi connectivity index (χ1n) is 7.04. The van der Waals surface area contributed by atoms with E-state index in [0.29, 0.717) is 0 Å². The van der Waals surface area contributed by atoms with Crippen LogP contribution in [0.4, 0.5) is 0 Å². The normalized spacial score (nSPS) is 20.5. The molecule has 5 heteroatoms. The van der Waals surface area contributed by atoms with Gasteiger partial charge in [0.25, 0.3) is 0 Å². The number of benzene rings is 1. The van der Waals surface area contributed by atoms with Crippen LogP contribution >= 0.6 is 0 Å². The third-order valence-corrected chi connectivity index (χ3v) is 1.60. The summed E-state index contributed by atoms with van der Waals surface area (Å²) in [6, 6.07) is -5.05. The number of ether oxygens (including phenoxy) is 1. The maximum absolute atomic E-state index is 11.6. The van der Waals surface area contributed by atoms with Gasteiger partial charge in [-0.1, -0.05) is 6.04 Å². The van der Waals surface area contributed by atoms with Crippen molar-refractivity contribution >= 4 is 5.97 Å². The first-order chi connectivity index (χ1) is 9.57. The van der Waals surface area contributed by atoms with Gasteiger partial charge in [-0.05, 0) is 31.0 Å². The minimum absolute atomic E-state index is 0.0740. The predicted octanol–water partition coefficient (Wildman–Crippen LogP) is 0.531. The van der Waals surface area contributed by atoms with Crippen molar-refractivity contribution in [2.45, 2.75) is 19.3 Å². The minimum atomic E-state index is -2.63. The average Bonchev–Trinajstić information content (AvgIpc) is 2.43. The van der Waals surface area contributed by atoms with Crippen LogP contribution in [0.15, 0.2) is 18.1 Å². The van der Waals surface area contributed by atoms with Gasteiger partial charge in [0, 0.05) is 1.37 Å². The molecule has 4 N–H and O–H groups in total. The first kappa shape index (κ1) is 6.75. The summed E-state index contributed by atoms with van der Waals surface area (Å²) >= 11 is 0. The van der Waals surface area contributed by atoms with Gasteiger partial charge in [-0.15, -0.1) is 0 Å². The van der Waals surface area contributed by atoms with Crippen molar-refractivity contribution < 1.29 is 26.6 Å². The molecule has 1 aromatic carbocycles. The van der Waals surface area contributed by atoms with E-state index < -0.39 is 53.6 Å². The van der Waals surface area contributed by atoms with E-state index >= 15 is 0 Å². The summed E-state index contributed by atoms with van der Waals surface area (Å²) in [4.78, 5) is 11.6. The van der Waals surface area contributed by atoms with Crippen molar-refractivity contribution in [1.29, 1.82) is 0 Å². The van der Waals surface area contributed by atoms with Gasteiger partial charge in [0.2, 0.25) is 0 Å². The fourth-order valence-electron chi connectivity index (χ4n) is 0.905. The molecule has 0 radical (unpaired) electrons. The fourth-order valence-corrected chi connectivity index (χ4v) is 0.905. The van der Waals surface area contributed by atoms with E-state index in [1.807, 2.05) is 0 Å². The molecule has 16 heavy (non-hydrogen) atoms. The number of phenols is 2. The number of carbonyl (C=O) groups is 1. The Labute approximate surface area is 100 Å². The molecule has 1 rings (SSSR count). The zero-order valence-electron chi connectivity index (χ0n) is 13.6. The summed E-state index contributed by atoms with van der Waals surface area (Å²) < 4.78 is 42.8. The number of hydrogen-bond acceptors (Lipinski definition) is 5.